The Kier molecular flexibility index (Phi) is 8.76. The number of thioether (sulfide) groups is 1. The number of ether oxygens (including phenoxy) is 1. The molecule has 2 aromatic carbocycles. The van der Waals surface area contributed by atoms with Gasteiger partial charge in [0, 0.05) is 12.2 Å². The first-order chi connectivity index (χ1) is 15.9. The van der Waals surface area contributed by atoms with Crippen molar-refractivity contribution < 1.29 is 14.3 Å². The third-order valence-corrected chi connectivity index (χ3v) is 6.05. The molecule has 0 spiro atoms. The minimum Gasteiger partial charge on any atom is -0.495 e. The summed E-state index contributed by atoms with van der Waals surface area (Å²) in [6, 6.07) is 12.0. The van der Waals surface area contributed by atoms with Gasteiger partial charge in [0.2, 0.25) is 11.8 Å². The molecule has 0 bridgehead atoms. The SMILES string of the molecule is C=CCn1c(CC(=O)Nc2ccccc2OC)nnc1SCC(=O)Nc1ccc(Cl)c(Cl)c1. The molecule has 0 aliphatic heterocycles. The highest BCUT2D eigenvalue weighted by molar-refractivity contribution is 7.99. The number of nitrogens with zero attached hydrogens (tertiary/aromatic N) is 3. The maximum Gasteiger partial charge on any atom is 0.234 e. The van der Waals surface area contributed by atoms with Gasteiger partial charge in [0.25, 0.3) is 0 Å². The van der Waals surface area contributed by atoms with E-state index in [1.54, 1.807) is 47.0 Å². The fraction of sp³-hybridized carbons (Fsp3) is 0.182. The van der Waals surface area contributed by atoms with Gasteiger partial charge < -0.3 is 19.9 Å². The number of carbonyl (C=O) groups is 2. The number of halogens is 2. The lowest BCUT2D eigenvalue weighted by atomic mass is 10.2. The predicted molar refractivity (Wildman–Crippen MR) is 131 cm³/mol. The molecule has 3 rings (SSSR count). The van der Waals surface area contributed by atoms with Gasteiger partial charge in [0.15, 0.2) is 5.16 Å². The molecule has 0 fully saturated rings. The highest BCUT2D eigenvalue weighted by atomic mass is 35.5. The van der Waals surface area contributed by atoms with E-state index in [1.807, 2.05) is 6.07 Å². The standard InChI is InChI=1S/C22H21Cl2N5O3S/c1-3-10-29-19(12-20(30)26-17-6-4-5-7-18(17)32-2)27-28-22(29)33-13-21(31)25-14-8-9-15(23)16(24)11-14/h3-9,11H,1,10,12-13H2,2H3,(H,25,31)(H,26,30). The number of aromatic nitrogens is 3. The van der Waals surface area contributed by atoms with Gasteiger partial charge in [-0.2, -0.15) is 0 Å². The first kappa shape index (κ1) is 24.6. The number of rotatable bonds is 10. The molecule has 0 aliphatic carbocycles. The molecule has 0 aliphatic rings. The predicted octanol–water partition coefficient (Wildman–Crippen LogP) is 4.69. The molecule has 2 amide bonds. The number of methoxy groups -OCH3 is 1. The number of hydrogen-bond donors (Lipinski definition) is 2. The minimum absolute atomic E-state index is 0.00504. The van der Waals surface area contributed by atoms with E-state index < -0.39 is 0 Å². The summed E-state index contributed by atoms with van der Waals surface area (Å²) in [4.78, 5) is 24.9. The Hall–Kier alpha value is -3.01. The number of amides is 2. The second-order valence-corrected chi connectivity index (χ2v) is 8.45. The van der Waals surface area contributed by atoms with Crippen molar-refractivity contribution in [3.8, 4) is 5.75 Å². The van der Waals surface area contributed by atoms with Crippen LogP contribution in [0.25, 0.3) is 0 Å². The summed E-state index contributed by atoms with van der Waals surface area (Å²) in [6.45, 7) is 4.14. The quantitative estimate of drug-likeness (QED) is 0.306. The lowest BCUT2D eigenvalue weighted by Crippen LogP contribution is -2.18. The van der Waals surface area contributed by atoms with Crippen molar-refractivity contribution in [2.24, 2.45) is 0 Å². The van der Waals surface area contributed by atoms with Crippen LogP contribution in [0.4, 0.5) is 11.4 Å². The second-order valence-electron chi connectivity index (χ2n) is 6.69. The number of hydrogen-bond acceptors (Lipinski definition) is 6. The van der Waals surface area contributed by atoms with Crippen LogP contribution in [-0.4, -0.2) is 39.4 Å². The van der Waals surface area contributed by atoms with E-state index in [2.05, 4.69) is 27.4 Å². The van der Waals surface area contributed by atoms with Crippen molar-refractivity contribution >= 4 is 58.2 Å². The summed E-state index contributed by atoms with van der Waals surface area (Å²) in [5.74, 6) is 0.577. The van der Waals surface area contributed by atoms with E-state index in [1.165, 1.54) is 18.9 Å². The average Bonchev–Trinajstić information content (AvgIpc) is 3.16. The zero-order valence-electron chi connectivity index (χ0n) is 17.7. The van der Waals surface area contributed by atoms with Crippen molar-refractivity contribution in [2.45, 2.75) is 18.1 Å². The van der Waals surface area contributed by atoms with Crippen molar-refractivity contribution in [1.29, 1.82) is 0 Å². The molecular weight excluding hydrogens is 485 g/mol. The number of carbonyl (C=O) groups excluding carboxylic acids is 2. The van der Waals surface area contributed by atoms with E-state index in [0.717, 1.165) is 0 Å². The van der Waals surface area contributed by atoms with Crippen molar-refractivity contribution in [3.63, 3.8) is 0 Å². The Morgan fingerprint density at radius 1 is 1.12 bits per heavy atom. The van der Waals surface area contributed by atoms with Crippen molar-refractivity contribution in [3.05, 3.63) is 71.0 Å². The average molecular weight is 506 g/mol. The van der Waals surface area contributed by atoms with Crippen LogP contribution in [0.2, 0.25) is 10.0 Å². The monoisotopic (exact) mass is 505 g/mol. The summed E-state index contributed by atoms with van der Waals surface area (Å²) >= 11 is 13.1. The van der Waals surface area contributed by atoms with E-state index in [9.17, 15) is 9.59 Å². The smallest absolute Gasteiger partial charge is 0.234 e. The fourth-order valence-corrected chi connectivity index (χ4v) is 3.92. The highest BCUT2D eigenvalue weighted by Gasteiger charge is 2.17. The summed E-state index contributed by atoms with van der Waals surface area (Å²) in [5.41, 5.74) is 1.10. The summed E-state index contributed by atoms with van der Waals surface area (Å²) in [6.07, 6.45) is 1.67. The molecule has 1 aromatic heterocycles. The van der Waals surface area contributed by atoms with Gasteiger partial charge in [0.05, 0.1) is 35.0 Å². The van der Waals surface area contributed by atoms with Crippen LogP contribution < -0.4 is 15.4 Å². The van der Waals surface area contributed by atoms with Gasteiger partial charge in [-0.15, -0.1) is 16.8 Å². The summed E-state index contributed by atoms with van der Waals surface area (Å²) in [7, 11) is 1.53. The lowest BCUT2D eigenvalue weighted by molar-refractivity contribution is -0.116. The molecule has 11 heteroatoms. The number of para-hydroxylation sites is 2. The normalized spacial score (nSPS) is 10.5. The zero-order valence-corrected chi connectivity index (χ0v) is 20.0. The Bertz CT molecular complexity index is 1170. The van der Waals surface area contributed by atoms with E-state index >= 15 is 0 Å². The van der Waals surface area contributed by atoms with Gasteiger partial charge in [0.1, 0.15) is 11.6 Å². The molecule has 0 radical (unpaired) electrons. The first-order valence-electron chi connectivity index (χ1n) is 9.74. The van der Waals surface area contributed by atoms with Crippen LogP contribution in [-0.2, 0) is 22.6 Å². The Labute approximate surface area is 205 Å². The van der Waals surface area contributed by atoms with Crippen molar-refractivity contribution in [2.75, 3.05) is 23.5 Å². The molecule has 0 unspecified atom stereocenters. The lowest BCUT2D eigenvalue weighted by Gasteiger charge is -2.11. The highest BCUT2D eigenvalue weighted by Crippen LogP contribution is 2.26. The molecule has 172 valence electrons. The number of benzene rings is 2. The van der Waals surface area contributed by atoms with Crippen molar-refractivity contribution in [1.82, 2.24) is 14.8 Å². The van der Waals surface area contributed by atoms with Crippen LogP contribution in [0, 0.1) is 0 Å². The molecule has 3 aromatic rings. The van der Waals surface area contributed by atoms with Gasteiger partial charge >= 0.3 is 0 Å². The van der Waals surface area contributed by atoms with Gasteiger partial charge in [-0.3, -0.25) is 9.59 Å². The van der Waals surface area contributed by atoms with Gasteiger partial charge in [-0.1, -0.05) is 53.2 Å². The summed E-state index contributed by atoms with van der Waals surface area (Å²) in [5, 5.41) is 15.1. The molecule has 33 heavy (non-hydrogen) atoms. The van der Waals surface area contributed by atoms with E-state index in [4.69, 9.17) is 27.9 Å². The number of allylic oxidation sites excluding steroid dienone is 1. The zero-order chi connectivity index (χ0) is 23.8. The maximum atomic E-state index is 12.6. The van der Waals surface area contributed by atoms with Crippen LogP contribution in [0.1, 0.15) is 5.82 Å². The van der Waals surface area contributed by atoms with Crippen LogP contribution in [0.3, 0.4) is 0 Å². The second kappa shape index (κ2) is 11.7. The van der Waals surface area contributed by atoms with Gasteiger partial charge in [-0.25, -0.2) is 0 Å². The first-order valence-corrected chi connectivity index (χ1v) is 11.5. The molecular formula is C22H21Cl2N5O3S. The summed E-state index contributed by atoms with van der Waals surface area (Å²) < 4.78 is 7.00. The largest absolute Gasteiger partial charge is 0.495 e. The molecule has 0 atom stereocenters. The number of nitrogens with one attached hydrogen (secondary N) is 2. The minimum atomic E-state index is -0.272. The molecule has 0 saturated heterocycles. The Morgan fingerprint density at radius 2 is 1.91 bits per heavy atom. The topological polar surface area (TPSA) is 98.1 Å². The molecule has 2 N–H and O–H groups in total. The van der Waals surface area contributed by atoms with E-state index in [0.29, 0.717) is 44.7 Å². The fourth-order valence-electron chi connectivity index (χ4n) is 2.86. The van der Waals surface area contributed by atoms with Crippen LogP contribution >= 0.6 is 35.0 Å². The molecule has 8 nitrogen and oxygen atoms in total. The van der Waals surface area contributed by atoms with Crippen LogP contribution in [0.5, 0.6) is 5.75 Å². The van der Waals surface area contributed by atoms with E-state index in [-0.39, 0.29) is 24.0 Å². The third kappa shape index (κ3) is 6.74. The Balaban J connectivity index is 1.63. The molecule has 1 heterocycles. The third-order valence-electron chi connectivity index (χ3n) is 4.34. The molecule has 0 saturated carbocycles. The Morgan fingerprint density at radius 3 is 2.64 bits per heavy atom. The number of anilines is 2. The maximum absolute atomic E-state index is 12.6. The van der Waals surface area contributed by atoms with Gasteiger partial charge in [-0.05, 0) is 30.3 Å². The van der Waals surface area contributed by atoms with Crippen LogP contribution in [0.15, 0.2) is 60.3 Å².